The molecule has 0 radical (unpaired) electrons. The van der Waals surface area contributed by atoms with Gasteiger partial charge in [-0.25, -0.2) is 4.98 Å². The number of aromatic nitrogens is 1. The number of ether oxygens (including phenoxy) is 1. The van der Waals surface area contributed by atoms with Crippen molar-refractivity contribution < 1.29 is 9.16 Å². The maximum absolute atomic E-state index is 6.14. The lowest BCUT2D eigenvalue weighted by Gasteiger charge is -2.36. The Morgan fingerprint density at radius 1 is 1.05 bits per heavy atom. The molecule has 0 aliphatic rings. The largest absolute Gasteiger partial charge is 0.478 e. The average Bonchev–Trinajstić information content (AvgIpc) is 2.37. The Morgan fingerprint density at radius 3 is 2.35 bits per heavy atom. The van der Waals surface area contributed by atoms with Crippen LogP contribution in [0.2, 0.25) is 18.1 Å². The maximum Gasteiger partial charge on any atom is 0.213 e. The lowest BCUT2D eigenvalue weighted by Crippen LogP contribution is -2.40. The number of pyridine rings is 1. The van der Waals surface area contributed by atoms with Gasteiger partial charge < -0.3 is 9.16 Å². The summed E-state index contributed by atoms with van der Waals surface area (Å²) in [7, 11) is -1.57. The zero-order chi connectivity index (χ0) is 15.1. The van der Waals surface area contributed by atoms with Gasteiger partial charge in [0.05, 0.1) is 6.61 Å². The summed E-state index contributed by atoms with van der Waals surface area (Å²) < 4.78 is 11.7. The van der Waals surface area contributed by atoms with E-state index in [2.05, 4.69) is 38.8 Å². The lowest BCUT2D eigenvalue weighted by molar-refractivity contribution is 0.261. The average molecular weight is 295 g/mol. The third kappa shape index (κ3) is 6.05. The summed E-state index contributed by atoms with van der Waals surface area (Å²) >= 11 is 0. The van der Waals surface area contributed by atoms with Gasteiger partial charge in [-0.15, -0.1) is 0 Å². The Kier molecular flexibility index (Phi) is 6.69. The van der Waals surface area contributed by atoms with Gasteiger partial charge in [-0.2, -0.15) is 0 Å². The first-order valence-corrected chi connectivity index (χ1v) is 10.4. The van der Waals surface area contributed by atoms with E-state index in [4.69, 9.17) is 9.16 Å². The first-order chi connectivity index (χ1) is 9.33. The third-order valence-corrected chi connectivity index (χ3v) is 8.48. The molecule has 0 aromatic carbocycles. The molecule has 1 aromatic rings. The van der Waals surface area contributed by atoms with Crippen LogP contribution in [0.25, 0.3) is 0 Å². The van der Waals surface area contributed by atoms with E-state index in [0.29, 0.717) is 10.9 Å². The van der Waals surface area contributed by atoms with Crippen LogP contribution in [0.1, 0.15) is 40.0 Å². The van der Waals surface area contributed by atoms with Crippen LogP contribution in [0.3, 0.4) is 0 Å². The maximum atomic E-state index is 6.14. The second kappa shape index (κ2) is 7.79. The van der Waals surface area contributed by atoms with Gasteiger partial charge in [-0.3, -0.25) is 0 Å². The molecule has 20 heavy (non-hydrogen) atoms. The molecule has 1 rings (SSSR count). The zero-order valence-corrected chi connectivity index (χ0v) is 14.6. The molecule has 0 aliphatic carbocycles. The highest BCUT2D eigenvalue weighted by Crippen LogP contribution is 2.36. The van der Waals surface area contributed by atoms with Gasteiger partial charge >= 0.3 is 0 Å². The molecule has 0 unspecified atom stereocenters. The van der Waals surface area contributed by atoms with Crippen LogP contribution >= 0.6 is 0 Å². The summed E-state index contributed by atoms with van der Waals surface area (Å²) in [6.45, 7) is 13.0. The van der Waals surface area contributed by atoms with Gasteiger partial charge in [0.25, 0.3) is 0 Å². The van der Waals surface area contributed by atoms with Crippen LogP contribution in [0, 0.1) is 0 Å². The molecule has 4 heteroatoms. The minimum atomic E-state index is -1.57. The van der Waals surface area contributed by atoms with E-state index in [-0.39, 0.29) is 0 Å². The van der Waals surface area contributed by atoms with Gasteiger partial charge in [0.15, 0.2) is 8.32 Å². The van der Waals surface area contributed by atoms with Crippen molar-refractivity contribution in [2.45, 2.75) is 58.2 Å². The first-order valence-electron chi connectivity index (χ1n) is 7.51. The molecule has 3 nitrogen and oxygen atoms in total. The number of nitrogens with zero attached hydrogens (tertiary/aromatic N) is 1. The number of hydrogen-bond acceptors (Lipinski definition) is 3. The lowest BCUT2D eigenvalue weighted by atomic mass is 10.2. The Bertz CT molecular complexity index is 374. The second-order valence-corrected chi connectivity index (χ2v) is 11.5. The number of rotatable bonds is 8. The molecule has 1 heterocycles. The first kappa shape index (κ1) is 17.2. The molecule has 0 aliphatic heterocycles. The van der Waals surface area contributed by atoms with E-state index in [1.165, 1.54) is 0 Å². The Balaban J connectivity index is 2.06. The van der Waals surface area contributed by atoms with Gasteiger partial charge in [0.2, 0.25) is 5.88 Å². The van der Waals surface area contributed by atoms with Crippen molar-refractivity contribution in [1.29, 1.82) is 0 Å². The summed E-state index contributed by atoms with van der Waals surface area (Å²) in [4.78, 5) is 4.13. The molecule has 114 valence electrons. The summed E-state index contributed by atoms with van der Waals surface area (Å²) in [6, 6.07) is 5.72. The second-order valence-electron chi connectivity index (χ2n) is 6.69. The quantitative estimate of drug-likeness (QED) is 0.516. The molecule has 0 bridgehead atoms. The van der Waals surface area contributed by atoms with Crippen LogP contribution in [-0.4, -0.2) is 26.5 Å². The topological polar surface area (TPSA) is 31.4 Å². The molecule has 0 fully saturated rings. The van der Waals surface area contributed by atoms with Crippen LogP contribution in [0.4, 0.5) is 0 Å². The van der Waals surface area contributed by atoms with Crippen LogP contribution in [0.5, 0.6) is 5.88 Å². The Morgan fingerprint density at radius 2 is 1.75 bits per heavy atom. The molecule has 0 spiro atoms. The fraction of sp³-hybridized carbons (Fsp3) is 0.688. The minimum absolute atomic E-state index is 0.301. The predicted octanol–water partition coefficient (Wildman–Crippen LogP) is 4.65. The smallest absolute Gasteiger partial charge is 0.213 e. The highest BCUT2D eigenvalue weighted by atomic mass is 28.4. The Hall–Kier alpha value is -0.873. The van der Waals surface area contributed by atoms with Crippen molar-refractivity contribution in [3.8, 4) is 5.88 Å². The van der Waals surface area contributed by atoms with Crippen LogP contribution in [-0.2, 0) is 4.43 Å². The third-order valence-electron chi connectivity index (χ3n) is 3.95. The van der Waals surface area contributed by atoms with E-state index < -0.39 is 8.32 Å². The summed E-state index contributed by atoms with van der Waals surface area (Å²) in [5.41, 5.74) is 0. The highest BCUT2D eigenvalue weighted by Gasteiger charge is 2.36. The van der Waals surface area contributed by atoms with E-state index in [1.807, 2.05) is 18.2 Å². The van der Waals surface area contributed by atoms with Crippen molar-refractivity contribution in [3.05, 3.63) is 24.4 Å². The van der Waals surface area contributed by atoms with E-state index in [1.54, 1.807) is 6.20 Å². The standard InChI is InChI=1S/C16H29NO2Si/c1-16(2,3)20(4,5)19-14-10-6-9-13-18-15-11-7-8-12-17-15/h7-8,11-12H,6,9-10,13-14H2,1-5H3. The van der Waals surface area contributed by atoms with Crippen LogP contribution < -0.4 is 4.74 Å². The van der Waals surface area contributed by atoms with Crippen LogP contribution in [0.15, 0.2) is 24.4 Å². The SMILES string of the molecule is CC(C)(C)[Si](C)(C)OCCCCCOc1ccccn1. The summed E-state index contributed by atoms with van der Waals surface area (Å²) in [5, 5.41) is 0.301. The van der Waals surface area contributed by atoms with Gasteiger partial charge in [-0.1, -0.05) is 26.8 Å². The van der Waals surface area contributed by atoms with Gasteiger partial charge in [-0.05, 0) is 43.5 Å². The molecule has 0 saturated heterocycles. The monoisotopic (exact) mass is 295 g/mol. The summed E-state index contributed by atoms with van der Waals surface area (Å²) in [5.74, 6) is 0.713. The fourth-order valence-electron chi connectivity index (χ4n) is 1.53. The zero-order valence-electron chi connectivity index (χ0n) is 13.6. The van der Waals surface area contributed by atoms with Crippen molar-refractivity contribution in [2.75, 3.05) is 13.2 Å². The number of hydrogen-bond donors (Lipinski definition) is 0. The van der Waals surface area contributed by atoms with Gasteiger partial charge in [0.1, 0.15) is 0 Å². The minimum Gasteiger partial charge on any atom is -0.478 e. The highest BCUT2D eigenvalue weighted by molar-refractivity contribution is 6.74. The van der Waals surface area contributed by atoms with Crippen molar-refractivity contribution in [3.63, 3.8) is 0 Å². The van der Waals surface area contributed by atoms with E-state index >= 15 is 0 Å². The molecule has 0 amide bonds. The molecular formula is C16H29NO2Si. The molecule has 1 aromatic heterocycles. The molecule has 0 N–H and O–H groups in total. The van der Waals surface area contributed by atoms with E-state index in [9.17, 15) is 0 Å². The molecule has 0 saturated carbocycles. The van der Waals surface area contributed by atoms with Crippen molar-refractivity contribution in [2.24, 2.45) is 0 Å². The fourth-order valence-corrected chi connectivity index (χ4v) is 2.62. The number of unbranched alkanes of at least 4 members (excludes halogenated alkanes) is 2. The molecule has 0 atom stereocenters. The molecular weight excluding hydrogens is 266 g/mol. The van der Waals surface area contributed by atoms with Crippen molar-refractivity contribution in [1.82, 2.24) is 4.98 Å². The summed E-state index contributed by atoms with van der Waals surface area (Å²) in [6.07, 6.45) is 5.05. The van der Waals surface area contributed by atoms with Crippen molar-refractivity contribution >= 4 is 8.32 Å². The normalized spacial score (nSPS) is 12.4. The van der Waals surface area contributed by atoms with E-state index in [0.717, 1.165) is 32.5 Å². The van der Waals surface area contributed by atoms with Gasteiger partial charge in [0, 0.05) is 18.9 Å². The predicted molar refractivity (Wildman–Crippen MR) is 86.7 cm³/mol. The Labute approximate surface area is 124 Å².